The first-order valence-corrected chi connectivity index (χ1v) is 8.50. The van der Waals surface area contributed by atoms with Gasteiger partial charge in [0.2, 0.25) is 11.9 Å². The van der Waals surface area contributed by atoms with Crippen molar-refractivity contribution in [3.8, 4) is 5.75 Å². The van der Waals surface area contributed by atoms with Gasteiger partial charge in [-0.05, 0) is 36.6 Å². The molecule has 0 spiro atoms. The van der Waals surface area contributed by atoms with E-state index in [1.54, 1.807) is 18.1 Å². The van der Waals surface area contributed by atoms with Crippen molar-refractivity contribution in [2.45, 2.75) is 26.3 Å². The highest BCUT2D eigenvalue weighted by Gasteiger charge is 2.07. The van der Waals surface area contributed by atoms with E-state index in [1.165, 1.54) is 5.56 Å². The fourth-order valence-electron chi connectivity index (χ4n) is 2.66. The van der Waals surface area contributed by atoms with Crippen molar-refractivity contribution in [1.29, 1.82) is 0 Å². The van der Waals surface area contributed by atoms with E-state index >= 15 is 0 Å². The molecule has 1 heterocycles. The number of carbonyl (C=O) groups excluding carboxylic acids is 1. The summed E-state index contributed by atoms with van der Waals surface area (Å²) in [6.07, 6.45) is 2.65. The van der Waals surface area contributed by atoms with Gasteiger partial charge in [-0.2, -0.15) is 0 Å². The second kappa shape index (κ2) is 8.29. The molecule has 0 saturated heterocycles. The Labute approximate surface area is 152 Å². The number of carbonyl (C=O) groups is 1. The molecular formula is C20H22N4O2. The normalized spacial score (nSPS) is 10.5. The third kappa shape index (κ3) is 4.92. The molecule has 3 rings (SSSR count). The van der Waals surface area contributed by atoms with Crippen LogP contribution in [0.4, 0.5) is 5.95 Å². The first kappa shape index (κ1) is 17.7. The van der Waals surface area contributed by atoms with Crippen LogP contribution < -0.4 is 10.1 Å². The molecule has 1 aromatic heterocycles. The van der Waals surface area contributed by atoms with Gasteiger partial charge in [-0.25, -0.2) is 9.67 Å². The predicted molar refractivity (Wildman–Crippen MR) is 100 cm³/mol. The summed E-state index contributed by atoms with van der Waals surface area (Å²) in [5.41, 5.74) is 3.43. The van der Waals surface area contributed by atoms with Crippen molar-refractivity contribution >= 4 is 11.9 Å². The van der Waals surface area contributed by atoms with E-state index in [2.05, 4.69) is 34.5 Å². The first-order chi connectivity index (χ1) is 12.6. The fraction of sp³-hybridized carbons (Fsp3) is 0.250. The number of amides is 1. The lowest BCUT2D eigenvalue weighted by atomic mass is 10.1. The summed E-state index contributed by atoms with van der Waals surface area (Å²) in [5.74, 6) is 1.04. The van der Waals surface area contributed by atoms with E-state index < -0.39 is 0 Å². The summed E-state index contributed by atoms with van der Waals surface area (Å²) in [6, 6.07) is 15.9. The molecule has 1 N–H and O–H groups in total. The minimum Gasteiger partial charge on any atom is -0.497 e. The molecule has 0 aliphatic carbocycles. The van der Waals surface area contributed by atoms with Gasteiger partial charge in [0.05, 0.1) is 13.7 Å². The van der Waals surface area contributed by atoms with Crippen molar-refractivity contribution in [2.24, 2.45) is 0 Å². The van der Waals surface area contributed by atoms with Crippen LogP contribution in [0.1, 0.15) is 23.1 Å². The van der Waals surface area contributed by atoms with Gasteiger partial charge in [-0.1, -0.05) is 42.0 Å². The smallest absolute Gasteiger partial charge is 0.248 e. The monoisotopic (exact) mass is 350 g/mol. The molecule has 0 radical (unpaired) electrons. The summed E-state index contributed by atoms with van der Waals surface area (Å²) >= 11 is 0. The van der Waals surface area contributed by atoms with Gasteiger partial charge in [0.1, 0.15) is 12.1 Å². The molecule has 2 aromatic carbocycles. The predicted octanol–water partition coefficient (Wildman–Crippen LogP) is 3.21. The van der Waals surface area contributed by atoms with Crippen LogP contribution in [0, 0.1) is 6.92 Å². The molecule has 0 unspecified atom stereocenters. The highest BCUT2D eigenvalue weighted by atomic mass is 16.5. The number of aryl methyl sites for hydroxylation is 2. The highest BCUT2D eigenvalue weighted by Crippen LogP contribution is 2.13. The van der Waals surface area contributed by atoms with Gasteiger partial charge in [0.25, 0.3) is 0 Å². The Balaban J connectivity index is 1.50. The van der Waals surface area contributed by atoms with Crippen molar-refractivity contribution in [3.05, 3.63) is 71.5 Å². The first-order valence-electron chi connectivity index (χ1n) is 8.50. The third-order valence-corrected chi connectivity index (χ3v) is 4.01. The number of hydrogen-bond acceptors (Lipinski definition) is 4. The number of hydrogen-bond donors (Lipinski definition) is 1. The van der Waals surface area contributed by atoms with Crippen LogP contribution >= 0.6 is 0 Å². The molecular weight excluding hydrogens is 328 g/mol. The fourth-order valence-corrected chi connectivity index (χ4v) is 2.66. The lowest BCUT2D eigenvalue weighted by Gasteiger charge is -2.04. The Morgan fingerprint density at radius 1 is 1.15 bits per heavy atom. The van der Waals surface area contributed by atoms with E-state index in [0.29, 0.717) is 25.3 Å². The lowest BCUT2D eigenvalue weighted by Crippen LogP contribution is -2.14. The average Bonchev–Trinajstić information content (AvgIpc) is 3.07. The third-order valence-electron chi connectivity index (χ3n) is 4.01. The van der Waals surface area contributed by atoms with E-state index in [-0.39, 0.29) is 5.91 Å². The second-order valence-corrected chi connectivity index (χ2v) is 6.15. The molecule has 0 saturated carbocycles. The van der Waals surface area contributed by atoms with Crippen molar-refractivity contribution in [1.82, 2.24) is 14.8 Å². The van der Waals surface area contributed by atoms with E-state index in [0.717, 1.165) is 16.9 Å². The average molecular weight is 350 g/mol. The summed E-state index contributed by atoms with van der Waals surface area (Å²) < 4.78 is 6.84. The van der Waals surface area contributed by atoms with Crippen molar-refractivity contribution in [3.63, 3.8) is 0 Å². The van der Waals surface area contributed by atoms with Gasteiger partial charge in [-0.3, -0.25) is 10.1 Å². The molecule has 1 amide bonds. The molecule has 26 heavy (non-hydrogen) atoms. The van der Waals surface area contributed by atoms with Crippen molar-refractivity contribution in [2.75, 3.05) is 12.4 Å². The minimum atomic E-state index is -0.103. The van der Waals surface area contributed by atoms with Gasteiger partial charge in [0.15, 0.2) is 0 Å². The van der Waals surface area contributed by atoms with Crippen LogP contribution in [0.25, 0.3) is 0 Å². The summed E-state index contributed by atoms with van der Waals surface area (Å²) in [7, 11) is 1.63. The zero-order valence-electron chi connectivity index (χ0n) is 15.0. The van der Waals surface area contributed by atoms with E-state index in [9.17, 15) is 4.79 Å². The zero-order valence-corrected chi connectivity index (χ0v) is 15.0. The van der Waals surface area contributed by atoms with E-state index in [4.69, 9.17) is 4.74 Å². The highest BCUT2D eigenvalue weighted by molar-refractivity contribution is 5.88. The summed E-state index contributed by atoms with van der Waals surface area (Å²) in [4.78, 5) is 16.3. The van der Waals surface area contributed by atoms with Crippen LogP contribution in [0.3, 0.4) is 0 Å². The van der Waals surface area contributed by atoms with Crippen LogP contribution in [0.15, 0.2) is 54.9 Å². The number of nitrogens with zero attached hydrogens (tertiary/aromatic N) is 3. The number of nitrogens with one attached hydrogen (secondary N) is 1. The number of anilines is 1. The lowest BCUT2D eigenvalue weighted by molar-refractivity contribution is -0.116. The molecule has 0 aliphatic rings. The number of ether oxygens (including phenoxy) is 1. The van der Waals surface area contributed by atoms with Crippen molar-refractivity contribution < 1.29 is 9.53 Å². The maximum Gasteiger partial charge on any atom is 0.248 e. The van der Waals surface area contributed by atoms with Crippen LogP contribution in [-0.2, 0) is 17.8 Å². The number of methoxy groups -OCH3 is 1. The number of benzene rings is 2. The van der Waals surface area contributed by atoms with E-state index in [1.807, 2.05) is 36.4 Å². The molecule has 3 aromatic rings. The molecule has 6 heteroatoms. The molecule has 134 valence electrons. The maximum absolute atomic E-state index is 12.1. The molecule has 0 fully saturated rings. The maximum atomic E-state index is 12.1. The summed E-state index contributed by atoms with van der Waals surface area (Å²) in [6.45, 7) is 2.68. The SMILES string of the molecule is COc1ccc(CCC(=O)Nc2ncn(Cc3cccc(C)c3)n2)cc1. The number of aromatic nitrogens is 3. The standard InChI is InChI=1S/C20H22N4O2/c1-15-4-3-5-17(12-15)13-24-14-21-20(23-24)22-19(25)11-8-16-6-9-18(26-2)10-7-16/h3-7,9-10,12,14H,8,11,13H2,1-2H3,(H,22,23,25). The van der Waals surface area contributed by atoms with Crippen LogP contribution in [0.5, 0.6) is 5.75 Å². The molecule has 0 atom stereocenters. The Morgan fingerprint density at radius 3 is 2.69 bits per heavy atom. The Morgan fingerprint density at radius 2 is 1.96 bits per heavy atom. The Kier molecular flexibility index (Phi) is 5.63. The second-order valence-electron chi connectivity index (χ2n) is 6.15. The minimum absolute atomic E-state index is 0.103. The molecule has 6 nitrogen and oxygen atoms in total. The largest absolute Gasteiger partial charge is 0.497 e. The molecule has 0 bridgehead atoms. The van der Waals surface area contributed by atoms with Gasteiger partial charge < -0.3 is 4.74 Å². The Hall–Kier alpha value is -3.15. The van der Waals surface area contributed by atoms with Gasteiger partial charge in [0, 0.05) is 6.42 Å². The van der Waals surface area contributed by atoms with Gasteiger partial charge in [-0.15, -0.1) is 5.10 Å². The van der Waals surface area contributed by atoms with Gasteiger partial charge >= 0.3 is 0 Å². The zero-order chi connectivity index (χ0) is 18.4. The van der Waals surface area contributed by atoms with Crippen LogP contribution in [0.2, 0.25) is 0 Å². The topological polar surface area (TPSA) is 69.0 Å². The Bertz CT molecular complexity index is 872. The van der Waals surface area contributed by atoms with Crippen LogP contribution in [-0.4, -0.2) is 27.8 Å². The quantitative estimate of drug-likeness (QED) is 0.710. The number of rotatable bonds is 7. The molecule has 0 aliphatic heterocycles. The summed E-state index contributed by atoms with van der Waals surface area (Å²) in [5, 5.41) is 7.06.